The van der Waals surface area contributed by atoms with Gasteiger partial charge in [0.05, 0.1) is 11.3 Å². The van der Waals surface area contributed by atoms with E-state index in [0.29, 0.717) is 11.3 Å². The van der Waals surface area contributed by atoms with Gasteiger partial charge in [0.2, 0.25) is 15.0 Å². The SMILES string of the molecule is CS(=O)(=O)c1ncc(-c2ccccn2)c(N)n1. The van der Waals surface area contributed by atoms with E-state index in [1.165, 1.54) is 6.20 Å². The minimum Gasteiger partial charge on any atom is -0.383 e. The van der Waals surface area contributed by atoms with Crippen molar-refractivity contribution in [1.29, 1.82) is 0 Å². The van der Waals surface area contributed by atoms with Gasteiger partial charge in [-0.15, -0.1) is 0 Å². The first kappa shape index (κ1) is 11.5. The zero-order chi connectivity index (χ0) is 12.5. The molecule has 0 amide bonds. The lowest BCUT2D eigenvalue weighted by atomic mass is 10.2. The summed E-state index contributed by atoms with van der Waals surface area (Å²) in [5.41, 5.74) is 6.81. The van der Waals surface area contributed by atoms with E-state index in [1.54, 1.807) is 24.4 Å². The lowest BCUT2D eigenvalue weighted by Crippen LogP contribution is -2.07. The highest BCUT2D eigenvalue weighted by Gasteiger charge is 2.14. The number of rotatable bonds is 2. The van der Waals surface area contributed by atoms with Gasteiger partial charge in [-0.2, -0.15) is 0 Å². The Morgan fingerprint density at radius 2 is 2.00 bits per heavy atom. The van der Waals surface area contributed by atoms with Gasteiger partial charge in [0, 0.05) is 18.6 Å². The zero-order valence-corrected chi connectivity index (χ0v) is 9.85. The maximum absolute atomic E-state index is 11.2. The minimum atomic E-state index is -3.45. The Labute approximate surface area is 98.5 Å². The Morgan fingerprint density at radius 1 is 1.24 bits per heavy atom. The fraction of sp³-hybridized carbons (Fsp3) is 0.100. The Morgan fingerprint density at radius 3 is 2.53 bits per heavy atom. The summed E-state index contributed by atoms with van der Waals surface area (Å²) >= 11 is 0. The summed E-state index contributed by atoms with van der Waals surface area (Å²) in [5.74, 6) is 0.0964. The molecule has 0 spiro atoms. The molecule has 0 unspecified atom stereocenters. The molecule has 0 aliphatic rings. The summed E-state index contributed by atoms with van der Waals surface area (Å²) in [5, 5.41) is -0.283. The summed E-state index contributed by atoms with van der Waals surface area (Å²) < 4.78 is 22.5. The van der Waals surface area contributed by atoms with Crippen LogP contribution in [0.15, 0.2) is 35.7 Å². The van der Waals surface area contributed by atoms with Crippen molar-refractivity contribution in [2.75, 3.05) is 12.0 Å². The molecule has 0 radical (unpaired) electrons. The van der Waals surface area contributed by atoms with Crippen molar-refractivity contribution in [2.24, 2.45) is 0 Å². The molecule has 2 heterocycles. The average molecular weight is 250 g/mol. The summed E-state index contributed by atoms with van der Waals surface area (Å²) in [7, 11) is -3.45. The first-order valence-corrected chi connectivity index (χ1v) is 6.61. The topological polar surface area (TPSA) is 98.8 Å². The van der Waals surface area contributed by atoms with Crippen molar-refractivity contribution in [3.05, 3.63) is 30.6 Å². The smallest absolute Gasteiger partial charge is 0.248 e. The Kier molecular flexibility index (Phi) is 2.76. The van der Waals surface area contributed by atoms with Crippen LogP contribution in [0.5, 0.6) is 0 Å². The van der Waals surface area contributed by atoms with Gasteiger partial charge in [-0.25, -0.2) is 18.4 Å². The highest BCUT2D eigenvalue weighted by Crippen LogP contribution is 2.21. The molecule has 7 heteroatoms. The van der Waals surface area contributed by atoms with Gasteiger partial charge in [0.25, 0.3) is 0 Å². The summed E-state index contributed by atoms with van der Waals surface area (Å²) in [6.45, 7) is 0. The van der Waals surface area contributed by atoms with Crippen LogP contribution in [0, 0.1) is 0 Å². The van der Waals surface area contributed by atoms with Gasteiger partial charge in [0.1, 0.15) is 5.82 Å². The van der Waals surface area contributed by atoms with Crippen LogP contribution in [0.25, 0.3) is 11.3 Å². The van der Waals surface area contributed by atoms with Crippen molar-refractivity contribution >= 4 is 15.7 Å². The first-order valence-electron chi connectivity index (χ1n) is 4.72. The molecule has 6 nitrogen and oxygen atoms in total. The predicted octanol–water partition coefficient (Wildman–Crippen LogP) is 0.524. The second-order valence-corrected chi connectivity index (χ2v) is 5.35. The van der Waals surface area contributed by atoms with Crippen LogP contribution in [0.1, 0.15) is 0 Å². The summed E-state index contributed by atoms with van der Waals surface area (Å²) in [4.78, 5) is 11.6. The third kappa shape index (κ3) is 2.39. The third-order valence-electron chi connectivity index (χ3n) is 2.07. The Bertz CT molecular complexity index is 641. The van der Waals surface area contributed by atoms with E-state index in [2.05, 4.69) is 15.0 Å². The fourth-order valence-corrected chi connectivity index (χ4v) is 1.78. The molecule has 0 aliphatic carbocycles. The molecule has 0 saturated heterocycles. The van der Waals surface area contributed by atoms with E-state index in [-0.39, 0.29) is 11.0 Å². The molecule has 17 heavy (non-hydrogen) atoms. The van der Waals surface area contributed by atoms with E-state index < -0.39 is 9.84 Å². The quantitative estimate of drug-likeness (QED) is 0.780. The molecule has 0 bridgehead atoms. The number of anilines is 1. The van der Waals surface area contributed by atoms with Crippen molar-refractivity contribution in [1.82, 2.24) is 15.0 Å². The van der Waals surface area contributed by atoms with Crippen LogP contribution in [-0.4, -0.2) is 29.6 Å². The molecule has 2 aromatic rings. The van der Waals surface area contributed by atoms with Gasteiger partial charge in [-0.3, -0.25) is 4.98 Å². The third-order valence-corrected chi connectivity index (χ3v) is 2.93. The monoisotopic (exact) mass is 250 g/mol. The lowest BCUT2D eigenvalue weighted by Gasteiger charge is -2.04. The standard InChI is InChI=1S/C10H10N4O2S/c1-17(15,16)10-13-6-7(9(11)14-10)8-4-2-3-5-12-8/h2-6H,1H3,(H2,11,13,14). The lowest BCUT2D eigenvalue weighted by molar-refractivity contribution is 0.593. The number of nitrogens with zero attached hydrogens (tertiary/aromatic N) is 3. The van der Waals surface area contributed by atoms with Gasteiger partial charge < -0.3 is 5.73 Å². The van der Waals surface area contributed by atoms with E-state index in [9.17, 15) is 8.42 Å². The number of hydrogen-bond acceptors (Lipinski definition) is 6. The van der Waals surface area contributed by atoms with E-state index in [1.807, 2.05) is 0 Å². The molecule has 0 fully saturated rings. The number of nitrogens with two attached hydrogens (primary N) is 1. The Balaban J connectivity index is 2.54. The summed E-state index contributed by atoms with van der Waals surface area (Å²) in [6, 6.07) is 5.31. The molecule has 0 aromatic carbocycles. The number of pyridine rings is 1. The number of hydrogen-bond donors (Lipinski definition) is 1. The number of aromatic nitrogens is 3. The maximum Gasteiger partial charge on any atom is 0.248 e. The van der Waals surface area contributed by atoms with Crippen molar-refractivity contribution in [2.45, 2.75) is 5.16 Å². The molecule has 2 aromatic heterocycles. The van der Waals surface area contributed by atoms with Crippen LogP contribution in [0.2, 0.25) is 0 Å². The molecule has 0 aliphatic heterocycles. The van der Waals surface area contributed by atoms with Crippen molar-refractivity contribution in [3.8, 4) is 11.3 Å². The predicted molar refractivity (Wildman–Crippen MR) is 62.8 cm³/mol. The minimum absolute atomic E-state index is 0.0964. The van der Waals surface area contributed by atoms with Gasteiger partial charge >= 0.3 is 0 Å². The second kappa shape index (κ2) is 4.10. The van der Waals surface area contributed by atoms with Gasteiger partial charge in [-0.05, 0) is 12.1 Å². The Hall–Kier alpha value is -2.02. The highest BCUT2D eigenvalue weighted by molar-refractivity contribution is 7.90. The van der Waals surface area contributed by atoms with Gasteiger partial charge in [-0.1, -0.05) is 6.07 Å². The molecule has 0 saturated carbocycles. The van der Waals surface area contributed by atoms with Crippen LogP contribution >= 0.6 is 0 Å². The molecular formula is C10H10N4O2S. The maximum atomic E-state index is 11.2. The van der Waals surface area contributed by atoms with Gasteiger partial charge in [0.15, 0.2) is 0 Å². The second-order valence-electron chi connectivity index (χ2n) is 3.44. The van der Waals surface area contributed by atoms with Crippen LogP contribution in [0.4, 0.5) is 5.82 Å². The van der Waals surface area contributed by atoms with E-state index in [4.69, 9.17) is 5.73 Å². The average Bonchev–Trinajstić information content (AvgIpc) is 2.29. The number of sulfone groups is 1. The fourth-order valence-electron chi connectivity index (χ4n) is 1.28. The summed E-state index contributed by atoms with van der Waals surface area (Å²) in [6.07, 6.45) is 4.00. The number of nitrogen functional groups attached to an aromatic ring is 1. The molecule has 88 valence electrons. The van der Waals surface area contributed by atoms with Crippen LogP contribution in [0.3, 0.4) is 0 Å². The van der Waals surface area contributed by atoms with Crippen molar-refractivity contribution in [3.63, 3.8) is 0 Å². The van der Waals surface area contributed by atoms with E-state index in [0.717, 1.165) is 6.26 Å². The molecular weight excluding hydrogens is 240 g/mol. The van der Waals surface area contributed by atoms with Crippen LogP contribution in [-0.2, 0) is 9.84 Å². The molecule has 0 atom stereocenters. The zero-order valence-electron chi connectivity index (χ0n) is 9.03. The highest BCUT2D eigenvalue weighted by atomic mass is 32.2. The van der Waals surface area contributed by atoms with E-state index >= 15 is 0 Å². The van der Waals surface area contributed by atoms with Crippen LogP contribution < -0.4 is 5.73 Å². The van der Waals surface area contributed by atoms with Crippen molar-refractivity contribution < 1.29 is 8.42 Å². The normalized spacial score (nSPS) is 11.4. The largest absolute Gasteiger partial charge is 0.383 e. The molecule has 2 N–H and O–H groups in total. The molecule has 2 rings (SSSR count). The first-order chi connectivity index (χ1) is 7.98.